The molecule has 0 aromatic rings. The number of ether oxygens (including phenoxy) is 1. The molecule has 0 aromatic carbocycles. The average Bonchev–Trinajstić information content (AvgIpc) is 2.80. The molecule has 0 bridgehead atoms. The molecule has 1 amide bonds. The van der Waals surface area contributed by atoms with Crippen LogP contribution >= 0.6 is 0 Å². The lowest BCUT2D eigenvalue weighted by Crippen LogP contribution is -2.46. The molecular weight excluding hydrogens is 278 g/mol. The van der Waals surface area contributed by atoms with E-state index in [4.69, 9.17) is 4.74 Å². The van der Waals surface area contributed by atoms with Crippen LogP contribution in [0.4, 0.5) is 0 Å². The van der Waals surface area contributed by atoms with Gasteiger partial charge in [0.25, 0.3) is 0 Å². The highest BCUT2D eigenvalue weighted by Crippen LogP contribution is 2.24. The van der Waals surface area contributed by atoms with Crippen molar-refractivity contribution in [2.75, 3.05) is 31.3 Å². The summed E-state index contributed by atoms with van der Waals surface area (Å²) in [5.41, 5.74) is 0. The van der Waals surface area contributed by atoms with E-state index in [2.05, 4.69) is 6.92 Å². The number of nitrogens with zero attached hydrogens (tertiary/aromatic N) is 1. The van der Waals surface area contributed by atoms with Gasteiger partial charge in [0.15, 0.2) is 9.84 Å². The van der Waals surface area contributed by atoms with Crippen LogP contribution in [0.1, 0.15) is 39.0 Å². The third-order valence-corrected chi connectivity index (χ3v) is 6.01. The van der Waals surface area contributed by atoms with Crippen LogP contribution in [0.3, 0.4) is 0 Å². The molecule has 0 N–H and O–H groups in total. The van der Waals surface area contributed by atoms with Crippen LogP contribution in [0.25, 0.3) is 0 Å². The van der Waals surface area contributed by atoms with Gasteiger partial charge >= 0.3 is 0 Å². The minimum atomic E-state index is -2.95. The number of rotatable bonds is 5. The molecule has 6 heteroatoms. The van der Waals surface area contributed by atoms with E-state index in [0.29, 0.717) is 26.2 Å². The molecular formula is C14H25NO4S. The Kier molecular flexibility index (Phi) is 5.43. The molecule has 2 aliphatic rings. The van der Waals surface area contributed by atoms with Crippen molar-refractivity contribution in [3.05, 3.63) is 0 Å². The van der Waals surface area contributed by atoms with Crippen molar-refractivity contribution in [2.45, 2.75) is 45.1 Å². The Balaban J connectivity index is 2.04. The number of unbranched alkanes of at least 4 members (excludes halogenated alkanes) is 1. The Morgan fingerprint density at radius 3 is 2.50 bits per heavy atom. The smallest absolute Gasteiger partial charge is 0.226 e. The summed E-state index contributed by atoms with van der Waals surface area (Å²) in [4.78, 5) is 14.5. The molecule has 1 unspecified atom stereocenters. The fraction of sp³-hybridized carbons (Fsp3) is 0.929. The van der Waals surface area contributed by atoms with E-state index in [0.717, 1.165) is 25.7 Å². The highest BCUT2D eigenvalue weighted by molar-refractivity contribution is 7.91. The molecule has 0 aromatic heterocycles. The molecule has 116 valence electrons. The quantitative estimate of drug-likeness (QED) is 0.766. The standard InChI is InChI=1S/C14H25NO4S/c1-2-3-7-15(13-6-10-20(17,18)11-13)14(16)12-4-8-19-9-5-12/h12-13H,2-11H2,1H3. The summed E-state index contributed by atoms with van der Waals surface area (Å²) in [6, 6.07) is -0.109. The summed E-state index contributed by atoms with van der Waals surface area (Å²) in [7, 11) is -2.95. The number of hydrogen-bond donors (Lipinski definition) is 0. The van der Waals surface area contributed by atoms with Crippen molar-refractivity contribution in [3.8, 4) is 0 Å². The lowest BCUT2D eigenvalue weighted by Gasteiger charge is -2.33. The Bertz CT molecular complexity index is 428. The molecule has 1 atom stereocenters. The first kappa shape index (κ1) is 15.8. The van der Waals surface area contributed by atoms with Gasteiger partial charge in [0.2, 0.25) is 5.91 Å². The maximum atomic E-state index is 12.7. The first-order valence-corrected chi connectivity index (χ1v) is 9.44. The van der Waals surface area contributed by atoms with Gasteiger partial charge < -0.3 is 9.64 Å². The number of carbonyl (C=O) groups is 1. The number of carbonyl (C=O) groups excluding carboxylic acids is 1. The molecule has 2 heterocycles. The molecule has 20 heavy (non-hydrogen) atoms. The summed E-state index contributed by atoms with van der Waals surface area (Å²) in [6.45, 7) is 4.05. The van der Waals surface area contributed by atoms with Crippen molar-refractivity contribution in [1.29, 1.82) is 0 Å². The zero-order chi connectivity index (χ0) is 14.6. The highest BCUT2D eigenvalue weighted by atomic mass is 32.2. The monoisotopic (exact) mass is 303 g/mol. The largest absolute Gasteiger partial charge is 0.381 e. The van der Waals surface area contributed by atoms with Gasteiger partial charge in [-0.2, -0.15) is 0 Å². The van der Waals surface area contributed by atoms with E-state index >= 15 is 0 Å². The van der Waals surface area contributed by atoms with Crippen molar-refractivity contribution in [2.24, 2.45) is 5.92 Å². The average molecular weight is 303 g/mol. The second-order valence-electron chi connectivity index (χ2n) is 5.83. The zero-order valence-corrected chi connectivity index (χ0v) is 13.0. The van der Waals surface area contributed by atoms with Crippen LogP contribution < -0.4 is 0 Å². The summed E-state index contributed by atoms with van der Waals surface area (Å²) >= 11 is 0. The predicted octanol–water partition coefficient (Wildman–Crippen LogP) is 1.23. The molecule has 2 aliphatic heterocycles. The molecule has 0 aliphatic carbocycles. The van der Waals surface area contributed by atoms with Gasteiger partial charge in [-0.25, -0.2) is 8.42 Å². The van der Waals surface area contributed by atoms with Crippen LogP contribution in [-0.2, 0) is 19.4 Å². The second-order valence-corrected chi connectivity index (χ2v) is 8.06. The van der Waals surface area contributed by atoms with Crippen molar-refractivity contribution in [1.82, 2.24) is 4.90 Å². The second kappa shape index (κ2) is 6.89. The van der Waals surface area contributed by atoms with Crippen LogP contribution in [0.2, 0.25) is 0 Å². The Hall–Kier alpha value is -0.620. The van der Waals surface area contributed by atoms with Gasteiger partial charge in [0.05, 0.1) is 11.5 Å². The first-order valence-electron chi connectivity index (χ1n) is 7.62. The fourth-order valence-electron chi connectivity index (χ4n) is 3.00. The van der Waals surface area contributed by atoms with E-state index < -0.39 is 9.84 Å². The normalized spacial score (nSPS) is 26.6. The Morgan fingerprint density at radius 2 is 1.95 bits per heavy atom. The summed E-state index contributed by atoms with van der Waals surface area (Å²) < 4.78 is 28.6. The number of amides is 1. The Labute approximate surface area is 121 Å². The topological polar surface area (TPSA) is 63.7 Å². The van der Waals surface area contributed by atoms with Gasteiger partial charge in [0, 0.05) is 31.7 Å². The van der Waals surface area contributed by atoms with Crippen molar-refractivity contribution in [3.63, 3.8) is 0 Å². The lowest BCUT2D eigenvalue weighted by molar-refractivity contribution is -0.140. The molecule has 5 nitrogen and oxygen atoms in total. The van der Waals surface area contributed by atoms with E-state index in [9.17, 15) is 13.2 Å². The van der Waals surface area contributed by atoms with E-state index in [1.165, 1.54) is 0 Å². The maximum Gasteiger partial charge on any atom is 0.226 e. The fourth-order valence-corrected chi connectivity index (χ4v) is 4.73. The lowest BCUT2D eigenvalue weighted by atomic mass is 9.97. The number of sulfone groups is 1. The van der Waals surface area contributed by atoms with Gasteiger partial charge in [-0.15, -0.1) is 0 Å². The minimum absolute atomic E-state index is 0.0175. The first-order chi connectivity index (χ1) is 9.53. The van der Waals surface area contributed by atoms with E-state index in [1.807, 2.05) is 4.90 Å². The maximum absolute atomic E-state index is 12.7. The molecule has 2 rings (SSSR count). The predicted molar refractivity (Wildman–Crippen MR) is 77.2 cm³/mol. The van der Waals surface area contributed by atoms with Gasteiger partial charge in [0.1, 0.15) is 0 Å². The van der Waals surface area contributed by atoms with Crippen LogP contribution in [0.5, 0.6) is 0 Å². The van der Waals surface area contributed by atoms with E-state index in [-0.39, 0.29) is 29.4 Å². The van der Waals surface area contributed by atoms with E-state index in [1.54, 1.807) is 0 Å². The number of hydrogen-bond acceptors (Lipinski definition) is 4. The molecule has 0 radical (unpaired) electrons. The highest BCUT2D eigenvalue weighted by Gasteiger charge is 2.36. The third kappa shape index (κ3) is 3.95. The zero-order valence-electron chi connectivity index (χ0n) is 12.2. The Morgan fingerprint density at radius 1 is 1.25 bits per heavy atom. The van der Waals surface area contributed by atoms with Gasteiger partial charge in [-0.3, -0.25) is 4.79 Å². The van der Waals surface area contributed by atoms with Gasteiger partial charge in [-0.05, 0) is 25.7 Å². The molecule has 2 saturated heterocycles. The molecule has 2 fully saturated rings. The minimum Gasteiger partial charge on any atom is -0.381 e. The summed E-state index contributed by atoms with van der Waals surface area (Å²) in [5.74, 6) is 0.528. The van der Waals surface area contributed by atoms with Crippen molar-refractivity contribution >= 4 is 15.7 Å². The van der Waals surface area contributed by atoms with Crippen LogP contribution in [0.15, 0.2) is 0 Å². The van der Waals surface area contributed by atoms with Crippen LogP contribution in [-0.4, -0.2) is 56.5 Å². The molecule has 0 saturated carbocycles. The van der Waals surface area contributed by atoms with Crippen molar-refractivity contribution < 1.29 is 17.9 Å². The third-order valence-electron chi connectivity index (χ3n) is 4.26. The SMILES string of the molecule is CCCCN(C(=O)C1CCOCC1)C1CCS(=O)(=O)C1. The molecule has 0 spiro atoms. The summed E-state index contributed by atoms with van der Waals surface area (Å²) in [6.07, 6.45) is 4.07. The summed E-state index contributed by atoms with van der Waals surface area (Å²) in [5, 5.41) is 0. The van der Waals surface area contributed by atoms with Gasteiger partial charge in [-0.1, -0.05) is 13.3 Å². The van der Waals surface area contributed by atoms with Crippen LogP contribution in [0, 0.1) is 5.92 Å².